The zero-order valence-electron chi connectivity index (χ0n) is 8.38. The highest BCUT2D eigenvalue weighted by Crippen LogP contribution is 2.08. The van der Waals surface area contributed by atoms with E-state index in [9.17, 15) is 9.59 Å². The van der Waals surface area contributed by atoms with Crippen LogP contribution in [0.4, 0.5) is 0 Å². The first-order chi connectivity index (χ1) is 6.56. The number of rotatable bonds is 3. The van der Waals surface area contributed by atoms with Crippen LogP contribution in [0.15, 0.2) is 4.79 Å². The Hall–Kier alpha value is -1.72. The van der Waals surface area contributed by atoms with Gasteiger partial charge in [0, 0.05) is 14.0 Å². The minimum Gasteiger partial charge on any atom is -0.481 e. The Kier molecular flexibility index (Phi) is 2.95. The maximum absolute atomic E-state index is 11.5. The molecule has 0 aromatic carbocycles. The summed E-state index contributed by atoms with van der Waals surface area (Å²) in [6.07, 6.45) is 0. The molecule has 2 N–H and O–H groups in total. The number of hydrogen-bond acceptors (Lipinski definition) is 3. The molecule has 0 fully saturated rings. The lowest BCUT2D eigenvalue weighted by Crippen LogP contribution is -2.24. The number of amides is 1. The summed E-state index contributed by atoms with van der Waals surface area (Å²) in [4.78, 5) is 22.1. The molecule has 1 amide bonds. The lowest BCUT2D eigenvalue weighted by Gasteiger charge is -2.00. The van der Waals surface area contributed by atoms with Crippen LogP contribution in [0.3, 0.4) is 0 Å². The number of ether oxygens (including phenoxy) is 1. The van der Waals surface area contributed by atoms with Gasteiger partial charge in [-0.1, -0.05) is 0 Å². The molecule has 0 unspecified atom stereocenters. The summed E-state index contributed by atoms with van der Waals surface area (Å²) in [7, 11) is 3.05. The summed E-state index contributed by atoms with van der Waals surface area (Å²) in [5, 5.41) is 5.26. The molecule has 0 radical (unpaired) electrons. The summed E-state index contributed by atoms with van der Waals surface area (Å²) in [6, 6.07) is 0. The molecule has 0 spiro atoms. The van der Waals surface area contributed by atoms with Crippen molar-refractivity contribution in [3.05, 3.63) is 15.9 Å². The van der Waals surface area contributed by atoms with E-state index < -0.39 is 0 Å². The standard InChI is InChI=1S/C8H13N3O3/c1-5(12)9-4-6-7(14-3)10-11(2)8(6)13/h10H,4H2,1-3H3,(H,9,12). The predicted octanol–water partition coefficient (Wildman–Crippen LogP) is -0.642. The molecule has 0 bridgehead atoms. The van der Waals surface area contributed by atoms with Gasteiger partial charge in [0.15, 0.2) is 0 Å². The molecule has 0 aliphatic carbocycles. The van der Waals surface area contributed by atoms with Gasteiger partial charge in [-0.3, -0.25) is 19.4 Å². The molecule has 1 aromatic rings. The first kappa shape index (κ1) is 10.4. The van der Waals surface area contributed by atoms with Crippen molar-refractivity contribution in [1.29, 1.82) is 0 Å². The van der Waals surface area contributed by atoms with Gasteiger partial charge >= 0.3 is 0 Å². The second-order valence-electron chi connectivity index (χ2n) is 2.90. The maximum Gasteiger partial charge on any atom is 0.275 e. The van der Waals surface area contributed by atoms with Gasteiger partial charge in [-0.15, -0.1) is 0 Å². The highest BCUT2D eigenvalue weighted by molar-refractivity contribution is 5.72. The van der Waals surface area contributed by atoms with Crippen molar-refractivity contribution in [2.75, 3.05) is 7.11 Å². The van der Waals surface area contributed by atoms with E-state index in [0.29, 0.717) is 11.4 Å². The van der Waals surface area contributed by atoms with Crippen molar-refractivity contribution in [1.82, 2.24) is 15.1 Å². The highest BCUT2D eigenvalue weighted by Gasteiger charge is 2.12. The molecular weight excluding hydrogens is 186 g/mol. The molecule has 0 aliphatic heterocycles. The van der Waals surface area contributed by atoms with Crippen molar-refractivity contribution in [2.24, 2.45) is 7.05 Å². The van der Waals surface area contributed by atoms with E-state index in [1.165, 1.54) is 18.7 Å². The van der Waals surface area contributed by atoms with E-state index in [4.69, 9.17) is 4.74 Å². The van der Waals surface area contributed by atoms with Crippen LogP contribution in [0.5, 0.6) is 5.88 Å². The van der Waals surface area contributed by atoms with E-state index in [1.807, 2.05) is 0 Å². The van der Waals surface area contributed by atoms with E-state index in [0.717, 1.165) is 0 Å². The van der Waals surface area contributed by atoms with Gasteiger partial charge < -0.3 is 10.1 Å². The van der Waals surface area contributed by atoms with Crippen LogP contribution in [0.1, 0.15) is 12.5 Å². The normalized spacial score (nSPS) is 9.93. The second kappa shape index (κ2) is 3.99. The molecule has 6 heteroatoms. The number of aromatic amines is 1. The Labute approximate surface area is 80.8 Å². The number of hydrogen-bond donors (Lipinski definition) is 2. The zero-order chi connectivity index (χ0) is 10.7. The van der Waals surface area contributed by atoms with Gasteiger partial charge in [0.25, 0.3) is 5.56 Å². The van der Waals surface area contributed by atoms with Crippen molar-refractivity contribution >= 4 is 5.91 Å². The first-order valence-electron chi connectivity index (χ1n) is 4.12. The van der Waals surface area contributed by atoms with E-state index in [1.54, 1.807) is 7.05 Å². The average molecular weight is 199 g/mol. The lowest BCUT2D eigenvalue weighted by atomic mass is 10.3. The van der Waals surface area contributed by atoms with Gasteiger partial charge in [-0.05, 0) is 0 Å². The second-order valence-corrected chi connectivity index (χ2v) is 2.90. The van der Waals surface area contributed by atoms with Crippen LogP contribution in [-0.2, 0) is 18.4 Å². The fourth-order valence-electron chi connectivity index (χ4n) is 1.11. The molecule has 0 saturated heterocycles. The van der Waals surface area contributed by atoms with E-state index in [2.05, 4.69) is 10.4 Å². The Morgan fingerprint density at radius 3 is 2.79 bits per heavy atom. The number of nitrogens with one attached hydrogen (secondary N) is 2. The molecule has 0 aliphatic rings. The monoisotopic (exact) mass is 199 g/mol. The van der Waals surface area contributed by atoms with Crippen LogP contribution in [0.25, 0.3) is 0 Å². The molecule has 0 saturated carbocycles. The number of aryl methyl sites for hydroxylation is 1. The van der Waals surface area contributed by atoms with Crippen LogP contribution < -0.4 is 15.6 Å². The summed E-state index contributed by atoms with van der Waals surface area (Å²) < 4.78 is 6.25. The summed E-state index contributed by atoms with van der Waals surface area (Å²) in [5.74, 6) is 0.196. The third-order valence-corrected chi connectivity index (χ3v) is 1.82. The summed E-state index contributed by atoms with van der Waals surface area (Å²) in [5.41, 5.74) is 0.223. The van der Waals surface area contributed by atoms with Crippen LogP contribution in [0.2, 0.25) is 0 Å². The van der Waals surface area contributed by atoms with Crippen LogP contribution in [0, 0.1) is 0 Å². The Balaban J connectivity index is 2.94. The summed E-state index contributed by atoms with van der Waals surface area (Å²) >= 11 is 0. The fraction of sp³-hybridized carbons (Fsp3) is 0.500. The smallest absolute Gasteiger partial charge is 0.275 e. The molecule has 78 valence electrons. The van der Waals surface area contributed by atoms with Crippen molar-refractivity contribution in [3.63, 3.8) is 0 Å². The maximum atomic E-state index is 11.5. The number of methoxy groups -OCH3 is 1. The van der Waals surface area contributed by atoms with Gasteiger partial charge in [0.1, 0.15) is 0 Å². The number of H-pyrrole nitrogens is 1. The zero-order valence-corrected chi connectivity index (χ0v) is 8.38. The predicted molar refractivity (Wildman–Crippen MR) is 50.1 cm³/mol. The molecule has 14 heavy (non-hydrogen) atoms. The molecule has 1 heterocycles. The number of aromatic nitrogens is 2. The summed E-state index contributed by atoms with van der Waals surface area (Å²) in [6.45, 7) is 1.57. The topological polar surface area (TPSA) is 76.1 Å². The minimum absolute atomic E-state index is 0.175. The van der Waals surface area contributed by atoms with Crippen molar-refractivity contribution in [2.45, 2.75) is 13.5 Å². The quantitative estimate of drug-likeness (QED) is 0.679. The first-order valence-corrected chi connectivity index (χ1v) is 4.12. The molecular formula is C8H13N3O3. The Morgan fingerprint density at radius 2 is 2.29 bits per heavy atom. The number of carbonyl (C=O) groups excluding carboxylic acids is 1. The third-order valence-electron chi connectivity index (χ3n) is 1.82. The van der Waals surface area contributed by atoms with Gasteiger partial charge in [-0.25, -0.2) is 0 Å². The number of nitrogens with zero attached hydrogens (tertiary/aromatic N) is 1. The van der Waals surface area contributed by atoms with Crippen LogP contribution in [-0.4, -0.2) is 22.8 Å². The third kappa shape index (κ3) is 1.95. The SMILES string of the molecule is COc1[nH]n(C)c(=O)c1CNC(C)=O. The lowest BCUT2D eigenvalue weighted by molar-refractivity contribution is -0.119. The average Bonchev–Trinajstić information content (AvgIpc) is 2.40. The molecule has 0 atom stereocenters. The highest BCUT2D eigenvalue weighted by atomic mass is 16.5. The number of carbonyl (C=O) groups is 1. The van der Waals surface area contributed by atoms with Crippen LogP contribution >= 0.6 is 0 Å². The van der Waals surface area contributed by atoms with Crippen molar-refractivity contribution < 1.29 is 9.53 Å². The van der Waals surface area contributed by atoms with Crippen molar-refractivity contribution in [3.8, 4) is 5.88 Å². The van der Waals surface area contributed by atoms with Gasteiger partial charge in [0.05, 0.1) is 19.2 Å². The molecule has 6 nitrogen and oxygen atoms in total. The largest absolute Gasteiger partial charge is 0.481 e. The van der Waals surface area contributed by atoms with E-state index >= 15 is 0 Å². The van der Waals surface area contributed by atoms with E-state index in [-0.39, 0.29) is 18.0 Å². The molecule has 1 rings (SSSR count). The fourth-order valence-corrected chi connectivity index (χ4v) is 1.11. The Bertz CT molecular complexity index is 391. The Morgan fingerprint density at radius 1 is 1.64 bits per heavy atom. The van der Waals surface area contributed by atoms with Gasteiger partial charge in [0.2, 0.25) is 11.8 Å². The van der Waals surface area contributed by atoms with Gasteiger partial charge in [-0.2, -0.15) is 0 Å². The minimum atomic E-state index is -0.199. The molecule has 1 aromatic heterocycles.